The van der Waals surface area contributed by atoms with Crippen molar-refractivity contribution in [1.82, 2.24) is 4.98 Å². The van der Waals surface area contributed by atoms with Crippen molar-refractivity contribution in [2.24, 2.45) is 5.92 Å². The van der Waals surface area contributed by atoms with Gasteiger partial charge >= 0.3 is 0 Å². The Morgan fingerprint density at radius 1 is 1.69 bits per heavy atom. The maximum Gasteiger partial charge on any atom is 0.227 e. The van der Waals surface area contributed by atoms with Crippen molar-refractivity contribution < 1.29 is 4.79 Å². The number of carbonyl (C=O) groups is 1. The Hall–Kier alpha value is -1.61. The Balaban J connectivity index is 2.68. The minimum atomic E-state index is -0.149. The predicted molar refractivity (Wildman–Crippen MR) is 62.6 cm³/mol. The van der Waals surface area contributed by atoms with Gasteiger partial charge < -0.3 is 11.1 Å². The predicted octanol–water partition coefficient (Wildman–Crippen LogP) is 1.43. The van der Waals surface area contributed by atoms with Crippen LogP contribution in [0.25, 0.3) is 0 Å². The molecule has 2 heterocycles. The number of carbonyl (C=O) groups excluding carboxylic acids is 1. The second-order valence-corrected chi connectivity index (χ2v) is 4.47. The lowest BCUT2D eigenvalue weighted by atomic mass is 9.94. The Morgan fingerprint density at radius 2 is 2.38 bits per heavy atom. The molecule has 0 spiro atoms. The fourth-order valence-electron chi connectivity index (χ4n) is 1.70. The van der Waals surface area contributed by atoms with E-state index in [0.717, 1.165) is 5.56 Å². The highest BCUT2D eigenvalue weighted by atomic mass is 79.9. The van der Waals surface area contributed by atoms with Crippen LogP contribution in [-0.4, -0.2) is 10.9 Å². The van der Waals surface area contributed by atoms with Crippen LogP contribution in [0.15, 0.2) is 4.60 Å². The zero-order valence-electron chi connectivity index (χ0n) is 8.54. The first-order chi connectivity index (χ1) is 7.54. The van der Waals surface area contributed by atoms with Gasteiger partial charge in [0.1, 0.15) is 22.1 Å². The molecule has 16 heavy (non-hydrogen) atoms. The quantitative estimate of drug-likeness (QED) is 0.703. The lowest BCUT2D eigenvalue weighted by molar-refractivity contribution is -0.119. The number of halogens is 1. The van der Waals surface area contributed by atoms with Crippen LogP contribution in [0.2, 0.25) is 0 Å². The molecule has 1 aromatic rings. The van der Waals surface area contributed by atoms with Crippen molar-refractivity contribution >= 4 is 33.3 Å². The third-order valence-electron chi connectivity index (χ3n) is 2.60. The van der Waals surface area contributed by atoms with Crippen LogP contribution in [0, 0.1) is 17.2 Å². The van der Waals surface area contributed by atoms with Crippen LogP contribution in [-0.2, 0) is 11.2 Å². The number of amides is 1. The van der Waals surface area contributed by atoms with Crippen LogP contribution in [0.1, 0.15) is 18.1 Å². The summed E-state index contributed by atoms with van der Waals surface area (Å²) in [5, 5.41) is 11.7. The summed E-state index contributed by atoms with van der Waals surface area (Å²) in [6.07, 6.45) is 0.516. The molecule has 0 saturated heterocycles. The van der Waals surface area contributed by atoms with E-state index in [9.17, 15) is 4.79 Å². The highest BCUT2D eigenvalue weighted by molar-refractivity contribution is 9.10. The number of rotatable bonds is 0. The molecule has 6 heteroatoms. The molecular formula is C10H9BrN4O. The second kappa shape index (κ2) is 3.76. The number of aromatic nitrogens is 1. The van der Waals surface area contributed by atoms with Gasteiger partial charge in [-0.1, -0.05) is 6.92 Å². The number of anilines is 2. The van der Waals surface area contributed by atoms with Gasteiger partial charge in [0.15, 0.2) is 0 Å². The first-order valence-corrected chi connectivity index (χ1v) is 5.52. The van der Waals surface area contributed by atoms with Gasteiger partial charge in [0.25, 0.3) is 0 Å². The first kappa shape index (κ1) is 10.9. The van der Waals surface area contributed by atoms with Crippen LogP contribution < -0.4 is 11.1 Å². The summed E-state index contributed by atoms with van der Waals surface area (Å²) in [7, 11) is 0. The van der Waals surface area contributed by atoms with Gasteiger partial charge in [0, 0.05) is 11.5 Å². The van der Waals surface area contributed by atoms with E-state index in [1.165, 1.54) is 0 Å². The number of nitrogen functional groups attached to an aromatic ring is 1. The summed E-state index contributed by atoms with van der Waals surface area (Å²) in [6, 6.07) is 2.01. The van der Waals surface area contributed by atoms with Gasteiger partial charge in [-0.15, -0.1) is 0 Å². The van der Waals surface area contributed by atoms with Crippen molar-refractivity contribution in [3.63, 3.8) is 0 Å². The summed E-state index contributed by atoms with van der Waals surface area (Å²) >= 11 is 3.16. The fraction of sp³-hybridized carbons (Fsp3) is 0.300. The van der Waals surface area contributed by atoms with Gasteiger partial charge in [-0.25, -0.2) is 4.98 Å². The van der Waals surface area contributed by atoms with E-state index >= 15 is 0 Å². The third-order valence-corrected chi connectivity index (χ3v) is 3.18. The molecule has 5 nitrogen and oxygen atoms in total. The smallest absolute Gasteiger partial charge is 0.227 e. The van der Waals surface area contributed by atoms with Crippen molar-refractivity contribution in [1.29, 1.82) is 5.26 Å². The third kappa shape index (κ3) is 1.53. The number of hydrogen-bond donors (Lipinski definition) is 2. The second-order valence-electron chi connectivity index (χ2n) is 3.72. The van der Waals surface area contributed by atoms with Crippen LogP contribution in [0.4, 0.5) is 11.5 Å². The SMILES string of the molecule is CC1Cc2c(N)nc(Br)c(C#N)c2NC1=O. The van der Waals surface area contributed by atoms with E-state index in [1.54, 1.807) is 0 Å². The molecule has 0 saturated carbocycles. The minimum Gasteiger partial charge on any atom is -0.383 e. The summed E-state index contributed by atoms with van der Waals surface area (Å²) < 4.78 is 0.362. The van der Waals surface area contributed by atoms with Crippen molar-refractivity contribution in [2.75, 3.05) is 11.1 Å². The van der Waals surface area contributed by atoms with E-state index in [0.29, 0.717) is 28.1 Å². The van der Waals surface area contributed by atoms with Gasteiger partial charge in [0.2, 0.25) is 5.91 Å². The lowest BCUT2D eigenvalue weighted by Gasteiger charge is -2.23. The highest BCUT2D eigenvalue weighted by Gasteiger charge is 2.28. The lowest BCUT2D eigenvalue weighted by Crippen LogP contribution is -2.29. The van der Waals surface area contributed by atoms with E-state index < -0.39 is 0 Å². The average Bonchev–Trinajstić information content (AvgIpc) is 2.22. The average molecular weight is 281 g/mol. The molecule has 1 unspecified atom stereocenters. The molecule has 1 atom stereocenters. The van der Waals surface area contributed by atoms with Gasteiger partial charge in [0.05, 0.1) is 5.69 Å². The fourth-order valence-corrected chi connectivity index (χ4v) is 2.18. The van der Waals surface area contributed by atoms with Gasteiger partial charge in [-0.05, 0) is 22.4 Å². The number of pyridine rings is 1. The normalized spacial score (nSPS) is 18.6. The van der Waals surface area contributed by atoms with Crippen LogP contribution >= 0.6 is 15.9 Å². The Bertz CT molecular complexity index is 521. The molecule has 1 aromatic heterocycles. The molecular weight excluding hydrogens is 272 g/mol. The summed E-state index contributed by atoms with van der Waals surface area (Å²) in [5.74, 6) is 0.110. The van der Waals surface area contributed by atoms with Crippen molar-refractivity contribution in [3.8, 4) is 6.07 Å². The maximum absolute atomic E-state index is 11.6. The molecule has 0 fully saturated rings. The monoisotopic (exact) mass is 280 g/mol. The molecule has 1 aliphatic heterocycles. The Morgan fingerprint density at radius 3 is 3.00 bits per heavy atom. The summed E-state index contributed by atoms with van der Waals surface area (Å²) in [4.78, 5) is 15.6. The molecule has 0 bridgehead atoms. The number of fused-ring (bicyclic) bond motifs is 1. The Kier molecular flexibility index (Phi) is 2.56. The number of nitrogens with zero attached hydrogens (tertiary/aromatic N) is 2. The number of hydrogen-bond acceptors (Lipinski definition) is 4. The summed E-state index contributed by atoms with van der Waals surface area (Å²) in [6.45, 7) is 1.81. The topological polar surface area (TPSA) is 91.8 Å². The van der Waals surface area contributed by atoms with E-state index in [-0.39, 0.29) is 11.8 Å². The van der Waals surface area contributed by atoms with E-state index in [4.69, 9.17) is 11.0 Å². The van der Waals surface area contributed by atoms with Gasteiger partial charge in [-0.3, -0.25) is 4.79 Å². The largest absolute Gasteiger partial charge is 0.383 e. The van der Waals surface area contributed by atoms with Crippen LogP contribution in [0.3, 0.4) is 0 Å². The molecule has 0 radical (unpaired) electrons. The van der Waals surface area contributed by atoms with Gasteiger partial charge in [-0.2, -0.15) is 5.26 Å². The summed E-state index contributed by atoms with van der Waals surface area (Å²) in [5.41, 5.74) is 7.33. The molecule has 1 aliphatic rings. The minimum absolute atomic E-state index is 0.0958. The maximum atomic E-state index is 11.6. The Labute approximate surface area is 101 Å². The van der Waals surface area contributed by atoms with E-state index in [1.807, 2.05) is 13.0 Å². The number of nitrogens with two attached hydrogens (primary N) is 1. The number of nitrogens with one attached hydrogen (secondary N) is 1. The van der Waals surface area contributed by atoms with Crippen molar-refractivity contribution in [2.45, 2.75) is 13.3 Å². The van der Waals surface area contributed by atoms with E-state index in [2.05, 4.69) is 26.2 Å². The molecule has 3 N–H and O–H groups in total. The zero-order valence-corrected chi connectivity index (χ0v) is 10.1. The molecule has 2 rings (SSSR count). The molecule has 1 amide bonds. The zero-order chi connectivity index (χ0) is 11.9. The molecule has 0 aromatic carbocycles. The standard InChI is InChI=1S/C10H9BrN4O/c1-4-2-5-7(14-10(4)16)6(3-12)8(11)15-9(5)13/h4H,2H2,1H3,(H2,13,15)(H,14,16). The van der Waals surface area contributed by atoms with Crippen LogP contribution in [0.5, 0.6) is 0 Å². The van der Waals surface area contributed by atoms with Crippen molar-refractivity contribution in [3.05, 3.63) is 15.7 Å². The molecule has 82 valence electrons. The number of nitriles is 1. The highest BCUT2D eigenvalue weighted by Crippen LogP contribution is 2.35. The first-order valence-electron chi connectivity index (χ1n) is 4.73. The molecule has 0 aliphatic carbocycles.